The molecule has 0 spiro atoms. The van der Waals surface area contributed by atoms with Gasteiger partial charge < -0.3 is 4.90 Å². The van der Waals surface area contributed by atoms with Gasteiger partial charge in [-0.1, -0.05) is 15.9 Å². The number of nitrogens with zero attached hydrogens (tertiary/aromatic N) is 3. The fourth-order valence-corrected chi connectivity index (χ4v) is 3.25. The highest BCUT2D eigenvalue weighted by molar-refractivity contribution is 9.09. The number of aryl methyl sites for hydroxylation is 1. The molecule has 0 bridgehead atoms. The van der Waals surface area contributed by atoms with Gasteiger partial charge in [-0.15, -0.1) is 0 Å². The standard InChI is InChI=1S/C12H18BrN3O/c1-8-11(6-14-16(8)3)12(17)15(2)7-9-4-10(13)5-9/h6,9-10H,4-5,7H2,1-3H3. The second-order valence-electron chi connectivity index (χ2n) is 4.89. The fraction of sp³-hybridized carbons (Fsp3) is 0.667. The Morgan fingerprint density at radius 2 is 2.29 bits per heavy atom. The number of halogens is 1. The van der Waals surface area contributed by atoms with E-state index in [-0.39, 0.29) is 5.91 Å². The van der Waals surface area contributed by atoms with E-state index in [4.69, 9.17) is 0 Å². The first-order valence-corrected chi connectivity index (χ1v) is 6.78. The van der Waals surface area contributed by atoms with Crippen LogP contribution in [0.5, 0.6) is 0 Å². The number of carbonyl (C=O) groups is 1. The van der Waals surface area contributed by atoms with E-state index in [9.17, 15) is 4.79 Å². The molecule has 2 rings (SSSR count). The molecule has 1 heterocycles. The van der Waals surface area contributed by atoms with Crippen LogP contribution in [0.4, 0.5) is 0 Å². The van der Waals surface area contributed by atoms with Crippen molar-refractivity contribution in [1.29, 1.82) is 0 Å². The Balaban J connectivity index is 1.97. The van der Waals surface area contributed by atoms with Crippen molar-refractivity contribution in [2.75, 3.05) is 13.6 Å². The van der Waals surface area contributed by atoms with Crippen LogP contribution in [0.2, 0.25) is 0 Å². The number of aromatic nitrogens is 2. The van der Waals surface area contributed by atoms with E-state index in [0.29, 0.717) is 16.3 Å². The van der Waals surface area contributed by atoms with E-state index < -0.39 is 0 Å². The van der Waals surface area contributed by atoms with E-state index in [1.165, 1.54) is 12.8 Å². The Kier molecular flexibility index (Phi) is 3.56. The van der Waals surface area contributed by atoms with Gasteiger partial charge in [0.2, 0.25) is 0 Å². The summed E-state index contributed by atoms with van der Waals surface area (Å²) in [6.45, 7) is 2.77. The third-order valence-corrected chi connectivity index (χ3v) is 4.27. The van der Waals surface area contributed by atoms with Crippen LogP contribution in [0.25, 0.3) is 0 Å². The highest BCUT2D eigenvalue weighted by Gasteiger charge is 2.29. The Hall–Kier alpha value is -0.840. The van der Waals surface area contributed by atoms with Gasteiger partial charge in [-0.3, -0.25) is 9.48 Å². The topological polar surface area (TPSA) is 38.1 Å². The minimum absolute atomic E-state index is 0.0774. The van der Waals surface area contributed by atoms with Crippen LogP contribution >= 0.6 is 15.9 Å². The van der Waals surface area contributed by atoms with Gasteiger partial charge in [0.25, 0.3) is 5.91 Å². The predicted octanol–water partition coefficient (Wildman–Crippen LogP) is 1.97. The van der Waals surface area contributed by atoms with Crippen molar-refractivity contribution in [2.45, 2.75) is 24.6 Å². The first-order chi connectivity index (χ1) is 7.99. The average molecular weight is 300 g/mol. The molecule has 1 fully saturated rings. The number of carbonyl (C=O) groups excluding carboxylic acids is 1. The third-order valence-electron chi connectivity index (χ3n) is 3.52. The second kappa shape index (κ2) is 4.80. The van der Waals surface area contributed by atoms with E-state index >= 15 is 0 Å². The van der Waals surface area contributed by atoms with Crippen LogP contribution in [0.1, 0.15) is 28.9 Å². The maximum Gasteiger partial charge on any atom is 0.257 e. The summed E-state index contributed by atoms with van der Waals surface area (Å²) in [5, 5.41) is 4.11. The summed E-state index contributed by atoms with van der Waals surface area (Å²) in [5.74, 6) is 0.721. The molecule has 1 amide bonds. The predicted molar refractivity (Wildman–Crippen MR) is 70.3 cm³/mol. The van der Waals surface area contributed by atoms with Gasteiger partial charge in [0.05, 0.1) is 11.8 Å². The summed E-state index contributed by atoms with van der Waals surface area (Å²) in [6.07, 6.45) is 4.00. The molecule has 0 saturated heterocycles. The van der Waals surface area contributed by atoms with Crippen LogP contribution in [0.15, 0.2) is 6.20 Å². The SMILES string of the molecule is Cc1c(C(=O)N(C)CC2CC(Br)C2)cnn1C. The Morgan fingerprint density at radius 3 is 2.76 bits per heavy atom. The van der Waals surface area contributed by atoms with Crippen molar-refractivity contribution in [2.24, 2.45) is 13.0 Å². The lowest BCUT2D eigenvalue weighted by Gasteiger charge is -2.34. The molecule has 5 heteroatoms. The first kappa shape index (κ1) is 12.6. The zero-order chi connectivity index (χ0) is 12.6. The molecule has 1 aliphatic carbocycles. The minimum Gasteiger partial charge on any atom is -0.341 e. The first-order valence-electron chi connectivity index (χ1n) is 5.87. The quantitative estimate of drug-likeness (QED) is 0.801. The molecule has 0 atom stereocenters. The van der Waals surface area contributed by atoms with E-state index in [1.54, 1.807) is 10.9 Å². The van der Waals surface area contributed by atoms with Crippen molar-refractivity contribution in [3.05, 3.63) is 17.5 Å². The smallest absolute Gasteiger partial charge is 0.257 e. The molecule has 0 radical (unpaired) electrons. The molecule has 4 nitrogen and oxygen atoms in total. The highest BCUT2D eigenvalue weighted by Crippen LogP contribution is 2.33. The summed E-state index contributed by atoms with van der Waals surface area (Å²) >= 11 is 3.57. The number of alkyl halides is 1. The van der Waals surface area contributed by atoms with Crippen molar-refractivity contribution in [3.8, 4) is 0 Å². The van der Waals surface area contributed by atoms with Crippen molar-refractivity contribution in [3.63, 3.8) is 0 Å². The number of rotatable bonds is 3. The minimum atomic E-state index is 0.0774. The van der Waals surface area contributed by atoms with Gasteiger partial charge in [0.1, 0.15) is 0 Å². The van der Waals surface area contributed by atoms with Gasteiger partial charge in [-0.25, -0.2) is 0 Å². The zero-order valence-electron chi connectivity index (χ0n) is 10.5. The molecule has 94 valence electrons. The highest BCUT2D eigenvalue weighted by atomic mass is 79.9. The summed E-state index contributed by atoms with van der Waals surface area (Å²) < 4.78 is 1.74. The van der Waals surface area contributed by atoms with Crippen LogP contribution < -0.4 is 0 Å². The summed E-state index contributed by atoms with van der Waals surface area (Å²) in [7, 11) is 3.73. The zero-order valence-corrected chi connectivity index (χ0v) is 12.1. The monoisotopic (exact) mass is 299 g/mol. The van der Waals surface area contributed by atoms with Crippen LogP contribution in [0, 0.1) is 12.8 Å². The maximum absolute atomic E-state index is 12.2. The van der Waals surface area contributed by atoms with Crippen molar-refractivity contribution >= 4 is 21.8 Å². The van der Waals surface area contributed by atoms with E-state index in [2.05, 4.69) is 21.0 Å². The molecule has 17 heavy (non-hydrogen) atoms. The Labute approximate surface area is 110 Å². The van der Waals surface area contributed by atoms with Crippen molar-refractivity contribution in [1.82, 2.24) is 14.7 Å². The molecule has 1 saturated carbocycles. The van der Waals surface area contributed by atoms with Crippen molar-refractivity contribution < 1.29 is 4.79 Å². The third kappa shape index (κ3) is 2.54. The molecule has 0 aliphatic heterocycles. The summed E-state index contributed by atoms with van der Waals surface area (Å²) in [5.41, 5.74) is 1.64. The normalized spacial score (nSPS) is 23.3. The molecule has 0 unspecified atom stereocenters. The van der Waals surface area contributed by atoms with Crippen LogP contribution in [0.3, 0.4) is 0 Å². The van der Waals surface area contributed by atoms with Gasteiger partial charge in [0.15, 0.2) is 0 Å². The summed E-state index contributed by atoms with van der Waals surface area (Å²) in [4.78, 5) is 14.7. The van der Waals surface area contributed by atoms with Crippen LogP contribution in [-0.2, 0) is 7.05 Å². The molecular formula is C12H18BrN3O. The van der Waals surface area contributed by atoms with Gasteiger partial charge in [0, 0.05) is 31.2 Å². The number of hydrogen-bond donors (Lipinski definition) is 0. The molecular weight excluding hydrogens is 282 g/mol. The summed E-state index contributed by atoms with van der Waals surface area (Å²) in [6, 6.07) is 0. The van der Waals surface area contributed by atoms with Gasteiger partial charge >= 0.3 is 0 Å². The Morgan fingerprint density at radius 1 is 1.65 bits per heavy atom. The number of hydrogen-bond acceptors (Lipinski definition) is 2. The second-order valence-corrected chi connectivity index (χ2v) is 6.18. The van der Waals surface area contributed by atoms with E-state index in [1.807, 2.05) is 25.9 Å². The van der Waals surface area contributed by atoms with Gasteiger partial charge in [-0.05, 0) is 25.7 Å². The number of amides is 1. The molecule has 1 aromatic rings. The fourth-order valence-electron chi connectivity index (χ4n) is 2.19. The molecule has 0 aromatic carbocycles. The maximum atomic E-state index is 12.2. The lowest BCUT2D eigenvalue weighted by Crippen LogP contribution is -2.37. The lowest BCUT2D eigenvalue weighted by molar-refractivity contribution is 0.0748. The largest absolute Gasteiger partial charge is 0.341 e. The van der Waals surface area contributed by atoms with Crippen LogP contribution in [-0.4, -0.2) is 39.0 Å². The molecule has 1 aromatic heterocycles. The average Bonchev–Trinajstić information content (AvgIpc) is 2.56. The Bertz CT molecular complexity index is 423. The van der Waals surface area contributed by atoms with E-state index in [0.717, 1.165) is 12.2 Å². The molecule has 0 N–H and O–H groups in total. The van der Waals surface area contributed by atoms with Gasteiger partial charge in [-0.2, -0.15) is 5.10 Å². The lowest BCUT2D eigenvalue weighted by atomic mass is 9.85. The molecule has 1 aliphatic rings.